The summed E-state index contributed by atoms with van der Waals surface area (Å²) in [5, 5.41) is 6.39. The fourth-order valence-corrected chi connectivity index (χ4v) is 3.34. The molecule has 3 rings (SSSR count). The van der Waals surface area contributed by atoms with E-state index in [4.69, 9.17) is 9.47 Å². The summed E-state index contributed by atoms with van der Waals surface area (Å²) in [4.78, 5) is 24.5. The molecule has 28 heavy (non-hydrogen) atoms. The van der Waals surface area contributed by atoms with Crippen molar-refractivity contribution in [2.45, 2.75) is 39.5 Å². The predicted octanol–water partition coefficient (Wildman–Crippen LogP) is 4.28. The van der Waals surface area contributed by atoms with E-state index >= 15 is 0 Å². The van der Waals surface area contributed by atoms with Crippen molar-refractivity contribution in [3.05, 3.63) is 65.2 Å². The Hall–Kier alpha value is -3.02. The highest BCUT2D eigenvalue weighted by molar-refractivity contribution is 5.90. The first-order valence-corrected chi connectivity index (χ1v) is 9.54. The summed E-state index contributed by atoms with van der Waals surface area (Å²) in [5.74, 6) is -0.267. The van der Waals surface area contributed by atoms with Gasteiger partial charge in [-0.25, -0.2) is 9.59 Å². The summed E-state index contributed by atoms with van der Waals surface area (Å²) in [6, 6.07) is 14.8. The van der Waals surface area contributed by atoms with Crippen LogP contribution in [-0.4, -0.2) is 24.7 Å². The fraction of sp³-hybridized carbons (Fsp3) is 0.364. The van der Waals surface area contributed by atoms with Crippen molar-refractivity contribution in [2.24, 2.45) is 5.92 Å². The zero-order valence-corrected chi connectivity index (χ0v) is 16.4. The Bertz CT molecular complexity index is 838. The molecule has 2 aromatic carbocycles. The van der Waals surface area contributed by atoms with Crippen molar-refractivity contribution in [1.82, 2.24) is 5.32 Å². The number of anilines is 1. The summed E-state index contributed by atoms with van der Waals surface area (Å²) < 4.78 is 10.5. The quantitative estimate of drug-likeness (QED) is 0.755. The first-order valence-electron chi connectivity index (χ1n) is 9.54. The van der Waals surface area contributed by atoms with Crippen LogP contribution in [0.4, 0.5) is 10.5 Å². The molecule has 1 amide bonds. The average Bonchev–Trinajstić information content (AvgIpc) is 2.70. The lowest BCUT2D eigenvalue weighted by atomic mass is 9.84. The van der Waals surface area contributed by atoms with Gasteiger partial charge < -0.3 is 20.1 Å². The van der Waals surface area contributed by atoms with Gasteiger partial charge in [-0.3, -0.25) is 0 Å². The van der Waals surface area contributed by atoms with Crippen LogP contribution in [0.2, 0.25) is 0 Å². The fourth-order valence-electron chi connectivity index (χ4n) is 3.34. The number of carbonyl (C=O) groups excluding carboxylic acids is 2. The molecule has 6 nitrogen and oxygen atoms in total. The molecule has 1 aliphatic heterocycles. The van der Waals surface area contributed by atoms with E-state index in [1.807, 2.05) is 36.4 Å². The van der Waals surface area contributed by atoms with E-state index in [1.165, 1.54) is 0 Å². The molecule has 0 saturated carbocycles. The minimum Gasteiger partial charge on any atom is -0.462 e. The molecule has 0 saturated heterocycles. The number of hydrogen-bond acceptors (Lipinski definition) is 5. The molecule has 3 atom stereocenters. The molecule has 1 aliphatic rings. The van der Waals surface area contributed by atoms with Crippen molar-refractivity contribution in [3.8, 4) is 0 Å². The molecule has 1 heterocycles. The number of hydrogen-bond donors (Lipinski definition) is 2. The largest absolute Gasteiger partial charge is 0.462 e. The smallest absolute Gasteiger partial charge is 0.407 e. The molecule has 0 radical (unpaired) electrons. The number of fused-ring (bicyclic) bond motifs is 1. The van der Waals surface area contributed by atoms with Gasteiger partial charge in [0.1, 0.15) is 6.61 Å². The zero-order valence-electron chi connectivity index (χ0n) is 16.4. The number of esters is 1. The van der Waals surface area contributed by atoms with Crippen LogP contribution in [0.3, 0.4) is 0 Å². The average molecular weight is 382 g/mol. The van der Waals surface area contributed by atoms with Gasteiger partial charge >= 0.3 is 12.1 Å². The molecule has 0 aliphatic carbocycles. The molecule has 2 aromatic rings. The SMILES string of the molecule is CCOC(=O)c1ccc2c(c1)[C@H](NC(=O)OCc1ccccc1)[C@H](C)[C@H](C)N2. The standard InChI is InChI=1S/C22H26N2O4/c1-4-27-21(25)17-10-11-19-18(12-17)20(14(2)15(3)23-19)24-22(26)28-13-16-8-6-5-7-9-16/h5-12,14-15,20,23H,4,13H2,1-3H3,(H,24,26)/t14-,15+,20-/m1/s1. The summed E-state index contributed by atoms with van der Waals surface area (Å²) in [7, 11) is 0. The molecular formula is C22H26N2O4. The molecule has 0 fully saturated rings. The third-order valence-corrected chi connectivity index (χ3v) is 5.08. The number of nitrogens with one attached hydrogen (secondary N) is 2. The van der Waals surface area contributed by atoms with Gasteiger partial charge in [0.25, 0.3) is 0 Å². The number of alkyl carbamates (subject to hydrolysis) is 1. The van der Waals surface area contributed by atoms with Gasteiger partial charge in [0.05, 0.1) is 18.2 Å². The van der Waals surface area contributed by atoms with Crippen LogP contribution in [0.5, 0.6) is 0 Å². The number of amides is 1. The van der Waals surface area contributed by atoms with Gasteiger partial charge in [-0.15, -0.1) is 0 Å². The second kappa shape index (κ2) is 8.78. The molecular weight excluding hydrogens is 356 g/mol. The van der Waals surface area contributed by atoms with Crippen molar-refractivity contribution < 1.29 is 19.1 Å². The molecule has 0 aromatic heterocycles. The molecule has 0 spiro atoms. The molecule has 2 N–H and O–H groups in total. The summed E-state index contributed by atoms with van der Waals surface area (Å²) in [6.45, 7) is 6.41. The third-order valence-electron chi connectivity index (χ3n) is 5.08. The van der Waals surface area contributed by atoms with E-state index in [2.05, 4.69) is 24.5 Å². The second-order valence-electron chi connectivity index (χ2n) is 7.00. The van der Waals surface area contributed by atoms with Crippen molar-refractivity contribution in [3.63, 3.8) is 0 Å². The lowest BCUT2D eigenvalue weighted by molar-refractivity contribution is 0.0526. The first-order chi connectivity index (χ1) is 13.5. The maximum atomic E-state index is 12.4. The Morgan fingerprint density at radius 3 is 2.54 bits per heavy atom. The van der Waals surface area contributed by atoms with Gasteiger partial charge in [0.15, 0.2) is 0 Å². The lowest BCUT2D eigenvalue weighted by Crippen LogP contribution is -2.42. The van der Waals surface area contributed by atoms with Crippen molar-refractivity contribution in [1.29, 1.82) is 0 Å². The predicted molar refractivity (Wildman–Crippen MR) is 107 cm³/mol. The first kappa shape index (κ1) is 19.7. The number of benzene rings is 2. The number of ether oxygens (including phenoxy) is 2. The monoisotopic (exact) mass is 382 g/mol. The van der Waals surface area contributed by atoms with Crippen LogP contribution in [0.25, 0.3) is 0 Å². The summed E-state index contributed by atoms with van der Waals surface area (Å²) >= 11 is 0. The van der Waals surface area contributed by atoms with Crippen LogP contribution in [-0.2, 0) is 16.1 Å². The molecule has 0 unspecified atom stereocenters. The van der Waals surface area contributed by atoms with E-state index in [9.17, 15) is 9.59 Å². The van der Waals surface area contributed by atoms with Gasteiger partial charge in [-0.1, -0.05) is 37.3 Å². The van der Waals surface area contributed by atoms with Crippen LogP contribution >= 0.6 is 0 Å². The Morgan fingerprint density at radius 2 is 1.82 bits per heavy atom. The highest BCUT2D eigenvalue weighted by Crippen LogP contribution is 2.37. The minimum absolute atomic E-state index is 0.106. The van der Waals surface area contributed by atoms with E-state index in [1.54, 1.807) is 19.1 Å². The highest BCUT2D eigenvalue weighted by atomic mass is 16.5. The normalized spacial score (nSPS) is 20.5. The Morgan fingerprint density at radius 1 is 1.07 bits per heavy atom. The Balaban J connectivity index is 1.77. The van der Waals surface area contributed by atoms with Crippen molar-refractivity contribution >= 4 is 17.7 Å². The third kappa shape index (κ3) is 4.44. The maximum Gasteiger partial charge on any atom is 0.407 e. The van der Waals surface area contributed by atoms with Crippen LogP contribution in [0.15, 0.2) is 48.5 Å². The minimum atomic E-state index is -0.484. The molecule has 148 valence electrons. The van der Waals surface area contributed by atoms with E-state index in [-0.39, 0.29) is 30.6 Å². The van der Waals surface area contributed by atoms with Gasteiger partial charge in [-0.2, -0.15) is 0 Å². The molecule has 0 bridgehead atoms. The zero-order chi connectivity index (χ0) is 20.1. The van der Waals surface area contributed by atoms with E-state index in [0.29, 0.717) is 12.2 Å². The summed E-state index contributed by atoms with van der Waals surface area (Å²) in [6.07, 6.45) is -0.484. The van der Waals surface area contributed by atoms with E-state index < -0.39 is 6.09 Å². The van der Waals surface area contributed by atoms with Crippen LogP contribution in [0.1, 0.15) is 48.3 Å². The maximum absolute atomic E-state index is 12.4. The van der Waals surface area contributed by atoms with Gasteiger partial charge in [0, 0.05) is 17.6 Å². The topological polar surface area (TPSA) is 76.7 Å². The van der Waals surface area contributed by atoms with Crippen LogP contribution < -0.4 is 10.6 Å². The van der Waals surface area contributed by atoms with Gasteiger partial charge in [-0.05, 0) is 43.2 Å². The van der Waals surface area contributed by atoms with E-state index in [0.717, 1.165) is 16.8 Å². The lowest BCUT2D eigenvalue weighted by Gasteiger charge is -2.37. The van der Waals surface area contributed by atoms with Crippen LogP contribution in [0, 0.1) is 5.92 Å². The molecule has 6 heteroatoms. The number of carbonyl (C=O) groups is 2. The summed E-state index contributed by atoms with van der Waals surface area (Å²) in [5.41, 5.74) is 3.14. The Kier molecular flexibility index (Phi) is 6.19. The second-order valence-corrected chi connectivity index (χ2v) is 7.00. The van der Waals surface area contributed by atoms with Crippen molar-refractivity contribution in [2.75, 3.05) is 11.9 Å². The number of rotatable bonds is 5. The Labute approximate surface area is 165 Å². The highest BCUT2D eigenvalue weighted by Gasteiger charge is 2.33. The van der Waals surface area contributed by atoms with Gasteiger partial charge in [0.2, 0.25) is 0 Å².